The second kappa shape index (κ2) is 4.25. The molecule has 0 bridgehead atoms. The summed E-state index contributed by atoms with van der Waals surface area (Å²) < 4.78 is 13.5. The molecular formula is C11H5ClFN3. The van der Waals surface area contributed by atoms with Crippen molar-refractivity contribution in [2.45, 2.75) is 0 Å². The highest BCUT2D eigenvalue weighted by Crippen LogP contribution is 2.21. The van der Waals surface area contributed by atoms with Crippen LogP contribution in [0.1, 0.15) is 5.69 Å². The van der Waals surface area contributed by atoms with Gasteiger partial charge in [0.15, 0.2) is 0 Å². The van der Waals surface area contributed by atoms with Crippen LogP contribution in [0.15, 0.2) is 30.5 Å². The molecule has 5 heteroatoms. The fourth-order valence-electron chi connectivity index (χ4n) is 1.22. The quantitative estimate of drug-likeness (QED) is 0.712. The van der Waals surface area contributed by atoms with Crippen molar-refractivity contribution in [3.63, 3.8) is 0 Å². The Balaban J connectivity index is 2.55. The van der Waals surface area contributed by atoms with Gasteiger partial charge in [-0.05, 0) is 24.3 Å². The standard InChI is InChI=1S/C11H5ClFN3/c12-10-4-1-7(6-15-10)11-9(13)3-2-8(5-14)16-11/h1-4,6H. The Kier molecular flexibility index (Phi) is 2.80. The van der Waals surface area contributed by atoms with Crippen molar-refractivity contribution in [3.05, 3.63) is 47.1 Å². The van der Waals surface area contributed by atoms with Gasteiger partial charge in [-0.2, -0.15) is 5.26 Å². The van der Waals surface area contributed by atoms with Crippen LogP contribution in [0.5, 0.6) is 0 Å². The summed E-state index contributed by atoms with van der Waals surface area (Å²) in [5.74, 6) is -0.497. The Morgan fingerprint density at radius 3 is 2.69 bits per heavy atom. The third-order valence-electron chi connectivity index (χ3n) is 1.96. The van der Waals surface area contributed by atoms with Crippen molar-refractivity contribution < 1.29 is 4.39 Å². The van der Waals surface area contributed by atoms with Gasteiger partial charge in [-0.1, -0.05) is 11.6 Å². The fourth-order valence-corrected chi connectivity index (χ4v) is 1.33. The van der Waals surface area contributed by atoms with E-state index >= 15 is 0 Å². The topological polar surface area (TPSA) is 49.6 Å². The maximum absolute atomic E-state index is 13.5. The van der Waals surface area contributed by atoms with Crippen LogP contribution in [0, 0.1) is 17.1 Å². The Hall–Kier alpha value is -1.99. The summed E-state index contributed by atoms with van der Waals surface area (Å²) in [4.78, 5) is 7.70. The average molecular weight is 234 g/mol. The summed E-state index contributed by atoms with van der Waals surface area (Å²) in [5.41, 5.74) is 0.744. The molecule has 3 nitrogen and oxygen atoms in total. The van der Waals surface area contributed by atoms with E-state index in [1.807, 2.05) is 6.07 Å². The second-order valence-corrected chi connectivity index (χ2v) is 3.40. The highest BCUT2D eigenvalue weighted by atomic mass is 35.5. The summed E-state index contributed by atoms with van der Waals surface area (Å²) in [5, 5.41) is 8.99. The lowest BCUT2D eigenvalue weighted by Crippen LogP contribution is -1.92. The zero-order chi connectivity index (χ0) is 11.5. The summed E-state index contributed by atoms with van der Waals surface area (Å²) >= 11 is 5.62. The predicted octanol–water partition coefficient (Wildman–Crippen LogP) is 2.81. The first-order chi connectivity index (χ1) is 7.70. The van der Waals surface area contributed by atoms with Crippen molar-refractivity contribution >= 4 is 11.6 Å². The van der Waals surface area contributed by atoms with Gasteiger partial charge in [-0.25, -0.2) is 14.4 Å². The minimum absolute atomic E-state index is 0.100. The number of halogens is 2. The van der Waals surface area contributed by atoms with E-state index in [0.717, 1.165) is 0 Å². The van der Waals surface area contributed by atoms with Gasteiger partial charge in [0.05, 0.1) is 0 Å². The number of pyridine rings is 2. The lowest BCUT2D eigenvalue weighted by Gasteiger charge is -2.02. The number of hydrogen-bond donors (Lipinski definition) is 0. The van der Waals surface area contributed by atoms with Gasteiger partial charge in [0, 0.05) is 11.8 Å². The van der Waals surface area contributed by atoms with Crippen LogP contribution in [0.25, 0.3) is 11.3 Å². The third-order valence-corrected chi connectivity index (χ3v) is 2.18. The molecule has 0 aromatic carbocycles. The maximum Gasteiger partial charge on any atom is 0.149 e. The van der Waals surface area contributed by atoms with Crippen LogP contribution in [0.4, 0.5) is 4.39 Å². The normalized spacial score (nSPS) is 9.81. The third kappa shape index (κ3) is 2.00. The molecule has 0 saturated carbocycles. The number of hydrogen-bond acceptors (Lipinski definition) is 3. The molecule has 78 valence electrons. The van der Waals surface area contributed by atoms with Crippen LogP contribution in [-0.4, -0.2) is 9.97 Å². The van der Waals surface area contributed by atoms with Gasteiger partial charge in [0.1, 0.15) is 28.4 Å². The van der Waals surface area contributed by atoms with Crippen LogP contribution in [0.2, 0.25) is 5.15 Å². The first-order valence-electron chi connectivity index (χ1n) is 4.39. The number of aromatic nitrogens is 2. The van der Waals surface area contributed by atoms with Crippen LogP contribution in [0.3, 0.4) is 0 Å². The molecule has 0 atom stereocenters. The smallest absolute Gasteiger partial charge is 0.149 e. The van der Waals surface area contributed by atoms with Crippen molar-refractivity contribution in [2.24, 2.45) is 0 Å². The SMILES string of the molecule is N#Cc1ccc(F)c(-c2ccc(Cl)nc2)n1. The first-order valence-corrected chi connectivity index (χ1v) is 4.77. The van der Waals surface area contributed by atoms with Crippen molar-refractivity contribution in [1.29, 1.82) is 5.26 Å². The summed E-state index contributed by atoms with van der Waals surface area (Å²) in [6.07, 6.45) is 1.41. The molecule has 0 N–H and O–H groups in total. The van der Waals surface area contributed by atoms with Gasteiger partial charge in [0.25, 0.3) is 0 Å². The van der Waals surface area contributed by atoms with E-state index in [1.165, 1.54) is 24.4 Å². The molecule has 2 rings (SSSR count). The Labute approximate surface area is 96.2 Å². The summed E-state index contributed by atoms with van der Waals surface area (Å²) in [6.45, 7) is 0. The van der Waals surface area contributed by atoms with E-state index in [0.29, 0.717) is 10.7 Å². The number of nitriles is 1. The molecule has 0 aliphatic heterocycles. The van der Waals surface area contributed by atoms with Crippen LogP contribution < -0.4 is 0 Å². The molecule has 0 saturated heterocycles. The molecule has 0 spiro atoms. The molecule has 0 aliphatic rings. The van der Waals surface area contributed by atoms with Crippen molar-refractivity contribution in [2.75, 3.05) is 0 Å². The van der Waals surface area contributed by atoms with E-state index in [9.17, 15) is 4.39 Å². The zero-order valence-electron chi connectivity index (χ0n) is 7.98. The minimum Gasteiger partial charge on any atom is -0.244 e. The Morgan fingerprint density at radius 1 is 1.25 bits per heavy atom. The van der Waals surface area contributed by atoms with Crippen molar-refractivity contribution in [1.82, 2.24) is 9.97 Å². The average Bonchev–Trinajstić information content (AvgIpc) is 2.31. The molecule has 2 aromatic rings. The number of nitrogens with zero attached hydrogens (tertiary/aromatic N) is 3. The second-order valence-electron chi connectivity index (χ2n) is 3.01. The van der Waals surface area contributed by atoms with Crippen molar-refractivity contribution in [3.8, 4) is 17.3 Å². The van der Waals surface area contributed by atoms with Gasteiger partial charge in [-0.3, -0.25) is 0 Å². The molecule has 0 amide bonds. The minimum atomic E-state index is -0.497. The molecule has 0 unspecified atom stereocenters. The van der Waals surface area contributed by atoms with Crippen LogP contribution in [-0.2, 0) is 0 Å². The lowest BCUT2D eigenvalue weighted by atomic mass is 10.2. The molecular weight excluding hydrogens is 229 g/mol. The van der Waals surface area contributed by atoms with E-state index in [4.69, 9.17) is 16.9 Å². The Morgan fingerprint density at radius 2 is 2.06 bits per heavy atom. The first kappa shape index (κ1) is 10.5. The lowest BCUT2D eigenvalue weighted by molar-refractivity contribution is 0.625. The summed E-state index contributed by atoms with van der Waals surface area (Å²) in [7, 11) is 0. The maximum atomic E-state index is 13.5. The zero-order valence-corrected chi connectivity index (χ0v) is 8.74. The van der Waals surface area contributed by atoms with E-state index in [-0.39, 0.29) is 11.4 Å². The Bertz CT molecular complexity index is 560. The van der Waals surface area contributed by atoms with E-state index in [1.54, 1.807) is 6.07 Å². The fraction of sp³-hybridized carbons (Fsp3) is 0. The van der Waals surface area contributed by atoms with Gasteiger partial charge in [-0.15, -0.1) is 0 Å². The van der Waals surface area contributed by atoms with E-state index < -0.39 is 5.82 Å². The molecule has 2 heterocycles. The molecule has 0 radical (unpaired) electrons. The molecule has 0 aliphatic carbocycles. The largest absolute Gasteiger partial charge is 0.244 e. The predicted molar refractivity (Wildman–Crippen MR) is 57.2 cm³/mol. The highest BCUT2D eigenvalue weighted by Gasteiger charge is 2.08. The highest BCUT2D eigenvalue weighted by molar-refractivity contribution is 6.29. The molecule has 16 heavy (non-hydrogen) atoms. The van der Waals surface area contributed by atoms with Crippen LogP contribution >= 0.6 is 11.6 Å². The monoisotopic (exact) mass is 233 g/mol. The van der Waals surface area contributed by atoms with Gasteiger partial charge >= 0.3 is 0 Å². The molecule has 2 aromatic heterocycles. The summed E-state index contributed by atoms with van der Waals surface area (Å²) in [6, 6.07) is 7.51. The van der Waals surface area contributed by atoms with Gasteiger partial charge in [0.2, 0.25) is 0 Å². The molecule has 0 fully saturated rings. The van der Waals surface area contributed by atoms with Gasteiger partial charge < -0.3 is 0 Å². The number of rotatable bonds is 1. The van der Waals surface area contributed by atoms with E-state index in [2.05, 4.69) is 9.97 Å².